The van der Waals surface area contributed by atoms with E-state index in [0.29, 0.717) is 11.3 Å². The molecule has 106 valence electrons. The van der Waals surface area contributed by atoms with E-state index >= 15 is 0 Å². The van der Waals surface area contributed by atoms with E-state index in [2.05, 4.69) is 11.6 Å². The van der Waals surface area contributed by atoms with Gasteiger partial charge in [0.15, 0.2) is 5.78 Å². The molecule has 0 aliphatic carbocycles. The molecule has 1 aromatic rings. The predicted octanol–water partition coefficient (Wildman–Crippen LogP) is 3.89. The Bertz CT molecular complexity index is 595. The minimum Gasteiger partial charge on any atom is -0.494 e. The lowest BCUT2D eigenvalue weighted by Gasteiger charge is -2.14. The van der Waals surface area contributed by atoms with Crippen molar-refractivity contribution in [3.05, 3.63) is 53.4 Å². The van der Waals surface area contributed by atoms with Crippen molar-refractivity contribution in [2.24, 2.45) is 0 Å². The van der Waals surface area contributed by atoms with Gasteiger partial charge in [0.2, 0.25) is 0 Å². The molecule has 0 amide bonds. The first-order chi connectivity index (χ1) is 9.40. The fourth-order valence-electron chi connectivity index (χ4n) is 2.02. The zero-order valence-electron chi connectivity index (χ0n) is 12.8. The first-order valence-corrected chi connectivity index (χ1v) is 6.46. The number of ketones is 1. The van der Waals surface area contributed by atoms with Crippen LogP contribution in [-0.2, 0) is 4.79 Å². The van der Waals surface area contributed by atoms with Crippen LogP contribution < -0.4 is 4.74 Å². The van der Waals surface area contributed by atoms with Gasteiger partial charge in [-0.1, -0.05) is 24.3 Å². The van der Waals surface area contributed by atoms with E-state index < -0.39 is 0 Å². The van der Waals surface area contributed by atoms with Crippen LogP contribution in [0.4, 0.5) is 0 Å². The predicted molar refractivity (Wildman–Crippen MR) is 82.8 cm³/mol. The van der Waals surface area contributed by atoms with Crippen molar-refractivity contribution in [3.63, 3.8) is 0 Å². The normalized spacial score (nSPS) is 12.2. The molecular formula is C17H21NO2. The maximum absolute atomic E-state index is 11.9. The molecule has 0 unspecified atom stereocenters. The minimum atomic E-state index is 0.0107. The average Bonchev–Trinajstić information content (AvgIpc) is 2.37. The van der Waals surface area contributed by atoms with Gasteiger partial charge in [-0.25, -0.2) is 0 Å². The summed E-state index contributed by atoms with van der Waals surface area (Å²) in [6.07, 6.45) is 5.38. The van der Waals surface area contributed by atoms with Crippen LogP contribution in [0.3, 0.4) is 0 Å². The molecule has 1 heterocycles. The van der Waals surface area contributed by atoms with Gasteiger partial charge < -0.3 is 4.74 Å². The number of ether oxygens (including phenoxy) is 1. The fourth-order valence-corrected chi connectivity index (χ4v) is 2.02. The molecule has 0 radical (unpaired) electrons. The Kier molecular flexibility index (Phi) is 5.44. The zero-order valence-corrected chi connectivity index (χ0v) is 12.8. The number of aromatic nitrogens is 1. The summed E-state index contributed by atoms with van der Waals surface area (Å²) in [4.78, 5) is 16.1. The molecule has 0 bridgehead atoms. The number of methoxy groups -OCH3 is 1. The number of carbonyl (C=O) groups is 1. The lowest BCUT2D eigenvalue weighted by Crippen LogP contribution is -2.03. The second kappa shape index (κ2) is 6.85. The molecular weight excluding hydrogens is 250 g/mol. The van der Waals surface area contributed by atoms with Crippen LogP contribution in [0.25, 0.3) is 5.57 Å². The van der Waals surface area contributed by atoms with Crippen molar-refractivity contribution in [2.45, 2.75) is 27.7 Å². The number of rotatable bonds is 5. The van der Waals surface area contributed by atoms with Crippen LogP contribution in [-0.4, -0.2) is 17.9 Å². The molecule has 0 N–H and O–H groups in total. The molecule has 0 spiro atoms. The monoisotopic (exact) mass is 271 g/mol. The molecule has 3 heteroatoms. The Labute approximate surface area is 120 Å². The third kappa shape index (κ3) is 3.67. The molecule has 3 nitrogen and oxygen atoms in total. The molecule has 1 aromatic heterocycles. The number of hydrogen-bond donors (Lipinski definition) is 0. The van der Waals surface area contributed by atoms with E-state index in [0.717, 1.165) is 22.4 Å². The van der Waals surface area contributed by atoms with Crippen LogP contribution >= 0.6 is 0 Å². The quantitative estimate of drug-likeness (QED) is 0.602. The van der Waals surface area contributed by atoms with Crippen molar-refractivity contribution < 1.29 is 9.53 Å². The van der Waals surface area contributed by atoms with Gasteiger partial charge >= 0.3 is 0 Å². The average molecular weight is 271 g/mol. The van der Waals surface area contributed by atoms with Crippen molar-refractivity contribution in [3.8, 4) is 5.75 Å². The largest absolute Gasteiger partial charge is 0.494 e. The summed E-state index contributed by atoms with van der Waals surface area (Å²) >= 11 is 0. The summed E-state index contributed by atoms with van der Waals surface area (Å²) < 4.78 is 5.37. The van der Waals surface area contributed by atoms with Crippen molar-refractivity contribution in [2.75, 3.05) is 7.11 Å². The lowest BCUT2D eigenvalue weighted by atomic mass is 9.93. The minimum absolute atomic E-state index is 0.0107. The summed E-state index contributed by atoms with van der Waals surface area (Å²) in [5.41, 5.74) is 4.06. The van der Waals surface area contributed by atoms with Crippen LogP contribution in [0, 0.1) is 6.92 Å². The standard InChI is InChI=1S/C17H21NO2/c1-7-14(13(5)19)15(8-11(2)3)16-9-12(4)18-10-17(16)20-6/h7-10H,2H2,1,3-6H3/b14-7-,15-8+. The van der Waals surface area contributed by atoms with Gasteiger partial charge in [-0.3, -0.25) is 9.78 Å². The van der Waals surface area contributed by atoms with Crippen molar-refractivity contribution in [1.82, 2.24) is 4.98 Å². The van der Waals surface area contributed by atoms with Crippen molar-refractivity contribution in [1.29, 1.82) is 0 Å². The van der Waals surface area contributed by atoms with Crippen LogP contribution in [0.5, 0.6) is 5.75 Å². The number of pyridine rings is 1. The first-order valence-electron chi connectivity index (χ1n) is 6.46. The highest BCUT2D eigenvalue weighted by atomic mass is 16.5. The third-order valence-electron chi connectivity index (χ3n) is 2.86. The molecule has 0 aliphatic rings. The van der Waals surface area contributed by atoms with E-state index in [1.807, 2.05) is 39.0 Å². The molecule has 0 atom stereocenters. The smallest absolute Gasteiger partial charge is 0.160 e. The SMILES string of the molecule is C=C(C)/C=C(\C(=C/C)C(C)=O)c1cc(C)ncc1OC. The van der Waals surface area contributed by atoms with Gasteiger partial charge in [0.1, 0.15) is 5.75 Å². The van der Waals surface area contributed by atoms with Gasteiger partial charge in [0.25, 0.3) is 0 Å². The van der Waals surface area contributed by atoms with Crippen LogP contribution in [0.2, 0.25) is 0 Å². The Morgan fingerprint density at radius 3 is 2.50 bits per heavy atom. The maximum Gasteiger partial charge on any atom is 0.160 e. The lowest BCUT2D eigenvalue weighted by molar-refractivity contribution is -0.113. The molecule has 0 fully saturated rings. The summed E-state index contributed by atoms with van der Waals surface area (Å²) in [6.45, 7) is 11.1. The van der Waals surface area contributed by atoms with E-state index in [9.17, 15) is 4.79 Å². The van der Waals surface area contributed by atoms with E-state index in [1.54, 1.807) is 20.2 Å². The van der Waals surface area contributed by atoms with Gasteiger partial charge in [-0.15, -0.1) is 0 Å². The number of carbonyl (C=O) groups excluding carboxylic acids is 1. The molecule has 0 saturated carbocycles. The molecule has 0 aromatic carbocycles. The van der Waals surface area contributed by atoms with Gasteiger partial charge in [-0.05, 0) is 39.3 Å². The number of allylic oxidation sites excluding steroid dienone is 5. The van der Waals surface area contributed by atoms with Gasteiger partial charge in [-0.2, -0.15) is 0 Å². The topological polar surface area (TPSA) is 39.2 Å². The highest BCUT2D eigenvalue weighted by Crippen LogP contribution is 2.32. The second-order valence-corrected chi connectivity index (χ2v) is 4.69. The van der Waals surface area contributed by atoms with Crippen LogP contribution in [0.15, 0.2) is 42.1 Å². The highest BCUT2D eigenvalue weighted by Gasteiger charge is 2.16. The zero-order chi connectivity index (χ0) is 15.3. The summed E-state index contributed by atoms with van der Waals surface area (Å²) in [6, 6.07) is 1.92. The molecule has 20 heavy (non-hydrogen) atoms. The van der Waals surface area contributed by atoms with Crippen LogP contribution in [0.1, 0.15) is 32.0 Å². The Morgan fingerprint density at radius 2 is 2.05 bits per heavy atom. The number of Topliss-reactive ketones (excluding diaryl/α,β-unsaturated/α-hetero) is 1. The number of hydrogen-bond acceptors (Lipinski definition) is 3. The third-order valence-corrected chi connectivity index (χ3v) is 2.86. The first kappa shape index (κ1) is 15.9. The number of nitrogens with zero attached hydrogens (tertiary/aromatic N) is 1. The van der Waals surface area contributed by atoms with Gasteiger partial charge in [0.05, 0.1) is 13.3 Å². The Balaban J connectivity index is 3.59. The molecule has 1 rings (SSSR count). The summed E-state index contributed by atoms with van der Waals surface area (Å²) in [5.74, 6) is 0.653. The van der Waals surface area contributed by atoms with Gasteiger partial charge in [0, 0.05) is 16.8 Å². The fraction of sp³-hybridized carbons (Fsp3) is 0.294. The Morgan fingerprint density at radius 1 is 1.40 bits per heavy atom. The maximum atomic E-state index is 11.9. The summed E-state index contributed by atoms with van der Waals surface area (Å²) in [7, 11) is 1.59. The van der Waals surface area contributed by atoms with Crippen molar-refractivity contribution >= 4 is 11.4 Å². The van der Waals surface area contributed by atoms with E-state index in [-0.39, 0.29) is 5.78 Å². The molecule has 0 aliphatic heterocycles. The number of aryl methyl sites for hydroxylation is 1. The highest BCUT2D eigenvalue weighted by molar-refractivity contribution is 6.09. The Hall–Kier alpha value is -2.16. The molecule has 0 saturated heterocycles. The summed E-state index contributed by atoms with van der Waals surface area (Å²) in [5, 5.41) is 0. The van der Waals surface area contributed by atoms with E-state index in [4.69, 9.17) is 4.74 Å². The second-order valence-electron chi connectivity index (χ2n) is 4.69. The van der Waals surface area contributed by atoms with E-state index in [1.165, 1.54) is 0 Å².